The Balaban J connectivity index is 2.04. The summed E-state index contributed by atoms with van der Waals surface area (Å²) >= 11 is 0. The molecule has 0 fully saturated rings. The Kier molecular flexibility index (Phi) is 7.87. The Hall–Kier alpha value is -2.96. The molecular formula is C29H32F3NOSi. The molecule has 0 radical (unpaired) electrons. The van der Waals surface area contributed by atoms with E-state index < -0.39 is 37.5 Å². The van der Waals surface area contributed by atoms with Gasteiger partial charge in [0.1, 0.15) is 25.5 Å². The van der Waals surface area contributed by atoms with Gasteiger partial charge in [0.05, 0.1) is 12.6 Å². The molecule has 0 saturated carbocycles. The first-order chi connectivity index (χ1) is 16.4. The molecular weight excluding hydrogens is 463 g/mol. The highest BCUT2D eigenvalue weighted by Gasteiger charge is 2.42. The lowest BCUT2D eigenvalue weighted by Crippen LogP contribution is -2.43. The lowest BCUT2D eigenvalue weighted by atomic mass is 10.0. The first-order valence-electron chi connectivity index (χ1n) is 12.0. The summed E-state index contributed by atoms with van der Waals surface area (Å²) in [6.45, 7) is 13.1. The Labute approximate surface area is 207 Å². The summed E-state index contributed by atoms with van der Waals surface area (Å²) in [6, 6.07) is 5.11. The summed E-state index contributed by atoms with van der Waals surface area (Å²) in [5.41, 5.74) is 5.63. The van der Waals surface area contributed by atoms with E-state index >= 15 is 4.39 Å². The normalized spacial score (nSPS) is 14.3. The van der Waals surface area contributed by atoms with Gasteiger partial charge in [0.2, 0.25) is 0 Å². The van der Waals surface area contributed by atoms with E-state index in [4.69, 9.17) is 6.42 Å². The molecule has 1 unspecified atom stereocenters. The van der Waals surface area contributed by atoms with Crippen molar-refractivity contribution in [3.63, 3.8) is 0 Å². The van der Waals surface area contributed by atoms with E-state index in [9.17, 15) is 13.6 Å². The molecule has 0 aliphatic carbocycles. The number of fused-ring (bicyclic) bond motifs is 1. The second-order valence-electron chi connectivity index (χ2n) is 10.2. The fourth-order valence-corrected chi connectivity index (χ4v) is 10.8. The zero-order chi connectivity index (χ0) is 26.1. The zero-order valence-corrected chi connectivity index (χ0v) is 22.2. The summed E-state index contributed by atoms with van der Waals surface area (Å²) in [7, 11) is -2.05. The molecule has 0 saturated heterocycles. The van der Waals surface area contributed by atoms with E-state index in [2.05, 4.69) is 58.9 Å². The summed E-state index contributed by atoms with van der Waals surface area (Å²) in [4.78, 5) is 14.7. The van der Waals surface area contributed by atoms with Crippen LogP contribution in [0.2, 0.25) is 16.6 Å². The van der Waals surface area contributed by atoms with Crippen molar-refractivity contribution in [1.29, 1.82) is 0 Å². The molecule has 184 valence electrons. The molecule has 0 aromatic heterocycles. The number of amides is 1. The standard InChI is InChI=1S/C29H32F3NOSi/c1-8-9-28(24-16-22(30)10-11-26(24)31)33-17-25-23(29(33)34)14-21(15-27(25)32)12-13-35(18(2)3,19(4)5)20(6)7/h1,10-11,14-16,18-20,28H,9,17H2,2-7H3. The van der Waals surface area contributed by atoms with Crippen molar-refractivity contribution in [2.24, 2.45) is 0 Å². The van der Waals surface area contributed by atoms with Crippen molar-refractivity contribution in [1.82, 2.24) is 4.90 Å². The molecule has 2 aromatic rings. The van der Waals surface area contributed by atoms with Crippen molar-refractivity contribution < 1.29 is 18.0 Å². The number of benzene rings is 2. The van der Waals surface area contributed by atoms with Crippen molar-refractivity contribution in [3.05, 3.63) is 70.0 Å². The third-order valence-electron chi connectivity index (χ3n) is 7.31. The molecule has 2 aromatic carbocycles. The van der Waals surface area contributed by atoms with E-state index in [-0.39, 0.29) is 29.7 Å². The monoisotopic (exact) mass is 495 g/mol. The summed E-state index contributed by atoms with van der Waals surface area (Å²) in [6.07, 6.45) is 5.46. The Morgan fingerprint density at radius 3 is 2.17 bits per heavy atom. The average Bonchev–Trinajstić information content (AvgIpc) is 3.10. The lowest BCUT2D eigenvalue weighted by Gasteiger charge is -2.38. The maximum absolute atomic E-state index is 15.2. The van der Waals surface area contributed by atoms with Crippen LogP contribution in [0, 0.1) is 41.3 Å². The first kappa shape index (κ1) is 26.6. The van der Waals surface area contributed by atoms with Crippen LogP contribution in [0.15, 0.2) is 30.3 Å². The predicted octanol–water partition coefficient (Wildman–Crippen LogP) is 7.39. The van der Waals surface area contributed by atoms with Crippen LogP contribution in [0.4, 0.5) is 13.2 Å². The van der Waals surface area contributed by atoms with Gasteiger partial charge in [-0.25, -0.2) is 13.2 Å². The summed E-state index contributed by atoms with van der Waals surface area (Å²) in [5.74, 6) is 3.33. The Morgan fingerprint density at radius 1 is 0.971 bits per heavy atom. The third kappa shape index (κ3) is 4.91. The molecule has 1 atom stereocenters. The van der Waals surface area contributed by atoms with Gasteiger partial charge in [0, 0.05) is 28.7 Å². The predicted molar refractivity (Wildman–Crippen MR) is 137 cm³/mol. The van der Waals surface area contributed by atoms with Crippen LogP contribution < -0.4 is 0 Å². The largest absolute Gasteiger partial charge is 0.326 e. The van der Waals surface area contributed by atoms with Gasteiger partial charge in [-0.2, -0.15) is 0 Å². The highest BCUT2D eigenvalue weighted by atomic mass is 28.3. The van der Waals surface area contributed by atoms with E-state index in [1.165, 1.54) is 11.0 Å². The minimum absolute atomic E-state index is 0.0221. The SMILES string of the molecule is C#CCC(c1cc(F)ccc1F)N1Cc2c(F)cc(C#C[Si](C(C)C)(C(C)C)C(C)C)cc2C1=O. The number of rotatable bonds is 6. The minimum atomic E-state index is -2.05. The number of hydrogen-bond acceptors (Lipinski definition) is 1. The molecule has 35 heavy (non-hydrogen) atoms. The molecule has 0 spiro atoms. The second-order valence-corrected chi connectivity index (χ2v) is 15.7. The van der Waals surface area contributed by atoms with Crippen molar-refractivity contribution >= 4 is 14.0 Å². The smallest absolute Gasteiger partial charge is 0.255 e. The highest BCUT2D eigenvalue weighted by Crippen LogP contribution is 2.41. The number of hydrogen-bond donors (Lipinski definition) is 0. The highest BCUT2D eigenvalue weighted by molar-refractivity contribution is 6.90. The van der Waals surface area contributed by atoms with Crippen LogP contribution in [-0.4, -0.2) is 18.9 Å². The van der Waals surface area contributed by atoms with E-state index in [1.807, 2.05) is 0 Å². The number of halogens is 3. The van der Waals surface area contributed by atoms with Crippen LogP contribution in [-0.2, 0) is 6.54 Å². The topological polar surface area (TPSA) is 20.3 Å². The average molecular weight is 496 g/mol. The van der Waals surface area contributed by atoms with Crippen LogP contribution in [0.3, 0.4) is 0 Å². The van der Waals surface area contributed by atoms with Crippen molar-refractivity contribution in [3.8, 4) is 23.8 Å². The van der Waals surface area contributed by atoms with E-state index in [0.717, 1.165) is 18.2 Å². The first-order valence-corrected chi connectivity index (χ1v) is 14.2. The quantitative estimate of drug-likeness (QED) is 0.302. The van der Waals surface area contributed by atoms with Crippen LogP contribution in [0.1, 0.15) is 81.1 Å². The fraction of sp³-hybridized carbons (Fsp3) is 0.414. The van der Waals surface area contributed by atoms with Crippen LogP contribution in [0.25, 0.3) is 0 Å². The van der Waals surface area contributed by atoms with Crippen LogP contribution in [0.5, 0.6) is 0 Å². The molecule has 1 aliphatic rings. The molecule has 0 bridgehead atoms. The maximum atomic E-state index is 15.2. The van der Waals surface area contributed by atoms with Gasteiger partial charge < -0.3 is 4.90 Å². The number of nitrogens with zero attached hydrogens (tertiary/aromatic N) is 1. The van der Waals surface area contributed by atoms with Gasteiger partial charge in [-0.1, -0.05) is 47.5 Å². The number of carbonyl (C=O) groups excluding carboxylic acids is 1. The number of terminal acetylenes is 1. The minimum Gasteiger partial charge on any atom is -0.326 e. The van der Waals surface area contributed by atoms with E-state index in [1.54, 1.807) is 6.07 Å². The van der Waals surface area contributed by atoms with Gasteiger partial charge >= 0.3 is 0 Å². The zero-order valence-electron chi connectivity index (χ0n) is 21.2. The molecule has 2 nitrogen and oxygen atoms in total. The Bertz CT molecular complexity index is 1210. The third-order valence-corrected chi connectivity index (χ3v) is 13.6. The van der Waals surface area contributed by atoms with Crippen LogP contribution >= 0.6 is 0 Å². The second kappa shape index (κ2) is 10.3. The van der Waals surface area contributed by atoms with Gasteiger partial charge in [0.25, 0.3) is 5.91 Å². The molecule has 1 amide bonds. The summed E-state index contributed by atoms with van der Waals surface area (Å²) < 4.78 is 43.6. The van der Waals surface area contributed by atoms with Gasteiger partial charge in [-0.05, 0) is 47.0 Å². The van der Waals surface area contributed by atoms with Crippen molar-refractivity contribution in [2.75, 3.05) is 0 Å². The van der Waals surface area contributed by atoms with Gasteiger partial charge in [0.15, 0.2) is 0 Å². The lowest BCUT2D eigenvalue weighted by molar-refractivity contribution is 0.0700. The summed E-state index contributed by atoms with van der Waals surface area (Å²) in [5, 5.41) is 0. The van der Waals surface area contributed by atoms with Crippen molar-refractivity contribution in [2.45, 2.75) is 77.2 Å². The molecule has 3 rings (SSSR count). The molecule has 1 aliphatic heterocycles. The fourth-order valence-electron chi connectivity index (χ4n) is 5.59. The Morgan fingerprint density at radius 2 is 1.60 bits per heavy atom. The van der Waals surface area contributed by atoms with E-state index in [0.29, 0.717) is 22.2 Å². The van der Waals surface area contributed by atoms with Gasteiger partial charge in [-0.3, -0.25) is 4.79 Å². The molecule has 1 heterocycles. The maximum Gasteiger partial charge on any atom is 0.255 e. The molecule has 0 N–H and O–H groups in total. The van der Waals surface area contributed by atoms with Gasteiger partial charge in [-0.15, -0.1) is 17.9 Å². The number of carbonyl (C=O) groups is 1. The molecule has 6 heteroatoms.